The molecule has 98 heavy (non-hydrogen) atoms. The van der Waals surface area contributed by atoms with Gasteiger partial charge in [0.15, 0.2) is 0 Å². The molecule has 5 aromatic heterocycles. The average molecular weight is 1260 g/mol. The van der Waals surface area contributed by atoms with E-state index < -0.39 is 0 Å². The normalized spacial score (nSPS) is 11.9. The van der Waals surface area contributed by atoms with Crippen molar-refractivity contribution in [3.8, 4) is 84.6 Å². The summed E-state index contributed by atoms with van der Waals surface area (Å²) in [4.78, 5) is 5.23. The summed E-state index contributed by atoms with van der Waals surface area (Å²) in [6, 6.07) is 99.5. The van der Waals surface area contributed by atoms with Crippen LogP contribution in [0.2, 0.25) is 0 Å². The monoisotopic (exact) mass is 1260 g/mol. The number of aryl methyl sites for hydroxylation is 8. The minimum atomic E-state index is 0.537. The highest BCUT2D eigenvalue weighted by Crippen LogP contribution is 2.54. The van der Waals surface area contributed by atoms with Gasteiger partial charge in [0.1, 0.15) is 6.07 Å². The van der Waals surface area contributed by atoms with Gasteiger partial charge in [-0.2, -0.15) is 5.26 Å². The van der Waals surface area contributed by atoms with Crippen LogP contribution < -0.4 is 0 Å². The molecular weight excluding hydrogens is 1190 g/mol. The summed E-state index contributed by atoms with van der Waals surface area (Å²) in [5.41, 5.74) is 32.6. The molecule has 5 heterocycles. The van der Waals surface area contributed by atoms with Crippen LogP contribution >= 0.6 is 0 Å². The molecule has 0 aliphatic carbocycles. The van der Waals surface area contributed by atoms with E-state index in [4.69, 9.17) is 4.98 Å². The molecule has 6 nitrogen and oxygen atoms in total. The number of benzene rings is 13. The third kappa shape index (κ3) is 9.18. The van der Waals surface area contributed by atoms with E-state index in [-0.39, 0.29) is 0 Å². The first kappa shape index (κ1) is 58.3. The van der Waals surface area contributed by atoms with Gasteiger partial charge in [0.05, 0.1) is 55.4 Å². The van der Waals surface area contributed by atoms with Gasteiger partial charge < -0.3 is 18.3 Å². The van der Waals surface area contributed by atoms with Crippen molar-refractivity contribution in [2.24, 2.45) is 0 Å². The summed E-state index contributed by atoms with van der Waals surface area (Å²) >= 11 is 0. The number of pyridine rings is 1. The molecule has 0 fully saturated rings. The molecule has 0 saturated heterocycles. The van der Waals surface area contributed by atoms with E-state index in [0.717, 1.165) is 117 Å². The second kappa shape index (κ2) is 22.4. The van der Waals surface area contributed by atoms with Gasteiger partial charge in [-0.1, -0.05) is 148 Å². The van der Waals surface area contributed by atoms with E-state index in [1.807, 2.05) is 18.3 Å². The summed E-state index contributed by atoms with van der Waals surface area (Å²) in [6.45, 7) is 17.4. The highest BCUT2D eigenvalue weighted by Gasteiger charge is 2.30. The Bertz CT molecular complexity index is 6160. The highest BCUT2D eigenvalue weighted by molar-refractivity contribution is 6.15. The maximum absolute atomic E-state index is 12.5. The van der Waals surface area contributed by atoms with Crippen LogP contribution in [0.25, 0.3) is 166 Å². The number of aromatic nitrogens is 5. The topological polar surface area (TPSA) is 56.4 Å². The molecule has 0 N–H and O–H groups in total. The lowest BCUT2D eigenvalue weighted by Gasteiger charge is -2.26. The second-order valence-corrected chi connectivity index (χ2v) is 27.3. The Morgan fingerprint density at radius 3 is 0.694 bits per heavy atom. The molecule has 0 bridgehead atoms. The minimum Gasteiger partial charge on any atom is -0.309 e. The predicted octanol–water partition coefficient (Wildman–Crippen LogP) is 24.1. The van der Waals surface area contributed by atoms with Gasteiger partial charge in [-0.25, -0.2) is 0 Å². The van der Waals surface area contributed by atoms with Crippen LogP contribution in [0.4, 0.5) is 0 Å². The van der Waals surface area contributed by atoms with E-state index in [1.54, 1.807) is 0 Å². The van der Waals surface area contributed by atoms with Crippen LogP contribution in [0.15, 0.2) is 267 Å². The fourth-order valence-corrected chi connectivity index (χ4v) is 16.0. The lowest BCUT2D eigenvalue weighted by molar-refractivity contribution is 1.18. The third-order valence-electron chi connectivity index (χ3n) is 20.5. The third-order valence-corrected chi connectivity index (χ3v) is 20.5. The predicted molar refractivity (Wildman–Crippen MR) is 411 cm³/mol. The van der Waals surface area contributed by atoms with Gasteiger partial charge in [-0.15, -0.1) is 0 Å². The fraction of sp³-hybridized carbons (Fsp3) is 0.0870. The van der Waals surface area contributed by atoms with Crippen molar-refractivity contribution in [3.05, 3.63) is 317 Å². The number of rotatable bonds is 9. The zero-order valence-electron chi connectivity index (χ0n) is 56.1. The van der Waals surface area contributed by atoms with Crippen molar-refractivity contribution < 1.29 is 0 Å². The summed E-state index contributed by atoms with van der Waals surface area (Å²) in [5, 5.41) is 22.3. The number of hydrogen-bond donors (Lipinski definition) is 0. The van der Waals surface area contributed by atoms with Crippen LogP contribution in [0.1, 0.15) is 50.1 Å². The van der Waals surface area contributed by atoms with Gasteiger partial charge >= 0.3 is 0 Å². The van der Waals surface area contributed by atoms with Crippen LogP contribution in [0, 0.1) is 66.7 Å². The van der Waals surface area contributed by atoms with Crippen LogP contribution in [-0.2, 0) is 0 Å². The summed E-state index contributed by atoms with van der Waals surface area (Å²) < 4.78 is 9.59. The van der Waals surface area contributed by atoms with Crippen molar-refractivity contribution in [3.63, 3.8) is 0 Å². The summed E-state index contributed by atoms with van der Waals surface area (Å²) in [6.07, 6.45) is 1.85. The van der Waals surface area contributed by atoms with Crippen LogP contribution in [0.3, 0.4) is 0 Å². The van der Waals surface area contributed by atoms with Crippen LogP contribution in [0.5, 0.6) is 0 Å². The van der Waals surface area contributed by atoms with Gasteiger partial charge in [0.2, 0.25) is 0 Å². The van der Waals surface area contributed by atoms with Gasteiger partial charge in [0, 0.05) is 88.7 Å². The number of nitriles is 1. The molecular formula is C92H68N6. The Morgan fingerprint density at radius 1 is 0.245 bits per heavy atom. The van der Waals surface area contributed by atoms with E-state index in [2.05, 4.69) is 328 Å². The quantitative estimate of drug-likeness (QED) is 0.145. The molecule has 0 aliphatic rings. The number of hydrogen-bond acceptors (Lipinski definition) is 2. The van der Waals surface area contributed by atoms with Gasteiger partial charge in [-0.05, 0) is 246 Å². The van der Waals surface area contributed by atoms with E-state index in [0.29, 0.717) is 11.3 Å². The van der Waals surface area contributed by atoms with Crippen molar-refractivity contribution in [2.45, 2.75) is 55.4 Å². The van der Waals surface area contributed by atoms with E-state index >= 15 is 0 Å². The molecule has 0 aliphatic heterocycles. The zero-order valence-corrected chi connectivity index (χ0v) is 56.1. The largest absolute Gasteiger partial charge is 0.309 e. The molecule has 0 radical (unpaired) electrons. The fourth-order valence-electron chi connectivity index (χ4n) is 16.0. The number of fused-ring (bicyclic) bond motifs is 12. The van der Waals surface area contributed by atoms with Crippen molar-refractivity contribution >= 4 is 87.2 Å². The minimum absolute atomic E-state index is 0.537. The van der Waals surface area contributed by atoms with Gasteiger partial charge in [-0.3, -0.25) is 4.98 Å². The number of nitrogens with zero attached hydrogens (tertiary/aromatic N) is 6. The molecule has 0 atom stereocenters. The maximum Gasteiger partial charge on any atom is 0.101 e. The maximum atomic E-state index is 12.5. The lowest BCUT2D eigenvalue weighted by Crippen LogP contribution is -2.04. The average Bonchev–Trinajstić information content (AvgIpc) is 1.14. The Hall–Kier alpha value is -12.3. The Morgan fingerprint density at radius 2 is 0.469 bits per heavy atom. The highest BCUT2D eigenvalue weighted by atomic mass is 15.0. The standard InChI is InChI=1S/C92H68N6/c1-54-12-36-80-70(45-54)71-46-55(2)13-37-81(71)95(80)66-28-20-62(21-29-66)88-78(53-93)92(79-11-9-10-44-94-79)91(65-26-34-69(35-27-65)98-86-42-18-60(7)51-76(86)77-52-61(8)19-43-87(77)98)90(64-24-32-68(33-25-64)97-84-40-16-58(5)49-74(84)75-50-59(6)17-41-85(75)97)89(88)63-22-30-67(31-23-63)96-82-38-14-56(3)47-72(82)73-48-57(4)15-39-83(73)96/h9-52H,1-8H3. The molecule has 0 amide bonds. The Labute approximate surface area is 569 Å². The molecule has 0 saturated carbocycles. The molecule has 18 aromatic rings. The smallest absolute Gasteiger partial charge is 0.101 e. The van der Waals surface area contributed by atoms with E-state index in [1.165, 1.54) is 87.6 Å². The first-order valence-electron chi connectivity index (χ1n) is 33.9. The summed E-state index contributed by atoms with van der Waals surface area (Å²) in [5.74, 6) is 0. The molecule has 6 heteroatoms. The van der Waals surface area contributed by atoms with Crippen molar-refractivity contribution in [1.29, 1.82) is 5.26 Å². The van der Waals surface area contributed by atoms with Crippen molar-refractivity contribution in [2.75, 3.05) is 0 Å². The molecule has 466 valence electrons. The molecule has 13 aromatic carbocycles. The van der Waals surface area contributed by atoms with Gasteiger partial charge in [0.25, 0.3) is 0 Å². The first-order chi connectivity index (χ1) is 47.8. The van der Waals surface area contributed by atoms with Crippen molar-refractivity contribution in [1.82, 2.24) is 23.3 Å². The second-order valence-electron chi connectivity index (χ2n) is 27.3. The molecule has 0 unspecified atom stereocenters. The first-order valence-corrected chi connectivity index (χ1v) is 33.9. The SMILES string of the molecule is Cc1ccc2c(c1)c1cc(C)ccc1n2-c1ccc(-c2c(C#N)c(-c3ccccn3)c(-c3ccc(-n4c5ccc(C)cc5c5cc(C)ccc54)cc3)c(-c3ccc(-n4c5ccc(C)cc5c5cc(C)ccc54)cc3)c2-c2ccc(-n3c4ccc(C)cc4c4cc(C)ccc43)cc2)cc1. The van der Waals surface area contributed by atoms with E-state index in [9.17, 15) is 5.26 Å². The Kier molecular flexibility index (Phi) is 13.3. The molecule has 0 spiro atoms. The Balaban J connectivity index is 0.938. The zero-order chi connectivity index (χ0) is 66.4. The molecule has 18 rings (SSSR count). The summed E-state index contributed by atoms with van der Waals surface area (Å²) in [7, 11) is 0. The van der Waals surface area contributed by atoms with Crippen LogP contribution in [-0.4, -0.2) is 23.3 Å². The lowest BCUT2D eigenvalue weighted by atomic mass is 9.76.